The molecule has 1 N–H and O–H groups in total. The quantitative estimate of drug-likeness (QED) is 0.835. The molecule has 2 rings (SSSR count). The van der Waals surface area contributed by atoms with Gasteiger partial charge in [0.2, 0.25) is 0 Å². The zero-order valence-electron chi connectivity index (χ0n) is 10.8. The Morgan fingerprint density at radius 3 is 2.94 bits per heavy atom. The molecule has 0 aromatic carbocycles. The number of hydrogen-bond acceptors (Lipinski definition) is 5. The molecule has 4 nitrogen and oxygen atoms in total. The molecule has 0 amide bonds. The van der Waals surface area contributed by atoms with Gasteiger partial charge in [0.25, 0.3) is 0 Å². The number of aryl methyl sites for hydroxylation is 1. The third-order valence-corrected chi connectivity index (χ3v) is 3.64. The molecule has 0 saturated heterocycles. The minimum atomic E-state index is 0.158. The summed E-state index contributed by atoms with van der Waals surface area (Å²) in [5, 5.41) is 7.79. The molecule has 98 valence electrons. The van der Waals surface area contributed by atoms with E-state index in [1.807, 2.05) is 6.07 Å². The molecule has 0 aliphatic rings. The monoisotopic (exact) mass is 265 g/mol. The van der Waals surface area contributed by atoms with Gasteiger partial charge in [0, 0.05) is 5.56 Å². The second-order valence-electron chi connectivity index (χ2n) is 4.28. The van der Waals surface area contributed by atoms with Crippen LogP contribution in [0.15, 0.2) is 23.0 Å². The Labute approximate surface area is 112 Å². The predicted octanol–water partition coefficient (Wildman–Crippen LogP) is 3.17. The van der Waals surface area contributed by atoms with Crippen LogP contribution >= 0.6 is 11.5 Å². The first-order valence-electron chi connectivity index (χ1n) is 6.43. The summed E-state index contributed by atoms with van der Waals surface area (Å²) in [4.78, 5) is 1.21. The maximum atomic E-state index is 5.20. The van der Waals surface area contributed by atoms with Crippen LogP contribution in [-0.2, 0) is 6.42 Å². The Kier molecular flexibility index (Phi) is 4.90. The van der Waals surface area contributed by atoms with E-state index in [9.17, 15) is 0 Å². The molecular formula is C13H19N3OS. The summed E-state index contributed by atoms with van der Waals surface area (Å²) in [5.74, 6) is 0. The lowest BCUT2D eigenvalue weighted by Crippen LogP contribution is -2.23. The number of aromatic nitrogens is 2. The van der Waals surface area contributed by atoms with E-state index < -0.39 is 0 Å². The summed E-state index contributed by atoms with van der Waals surface area (Å²) >= 11 is 1.48. The molecule has 1 unspecified atom stereocenters. The summed E-state index contributed by atoms with van der Waals surface area (Å²) in [6.45, 7) is 5.30. The van der Waals surface area contributed by atoms with Crippen molar-refractivity contribution in [1.29, 1.82) is 0 Å². The summed E-state index contributed by atoms with van der Waals surface area (Å²) in [7, 11) is 0. The first-order valence-corrected chi connectivity index (χ1v) is 7.20. The second-order valence-corrected chi connectivity index (χ2v) is 5.06. The van der Waals surface area contributed by atoms with E-state index in [1.165, 1.54) is 16.4 Å². The van der Waals surface area contributed by atoms with Crippen LogP contribution in [0.5, 0.6) is 0 Å². The van der Waals surface area contributed by atoms with Crippen LogP contribution in [-0.4, -0.2) is 16.1 Å². The van der Waals surface area contributed by atoms with E-state index in [4.69, 9.17) is 4.42 Å². The topological polar surface area (TPSA) is 51.0 Å². The molecular weight excluding hydrogens is 246 g/mol. The van der Waals surface area contributed by atoms with Gasteiger partial charge in [-0.2, -0.15) is 0 Å². The third kappa shape index (κ3) is 2.97. The van der Waals surface area contributed by atoms with Crippen LogP contribution in [0.4, 0.5) is 0 Å². The van der Waals surface area contributed by atoms with Gasteiger partial charge in [-0.1, -0.05) is 24.8 Å². The van der Waals surface area contributed by atoms with Crippen LogP contribution in [0.3, 0.4) is 0 Å². The number of nitrogens with one attached hydrogen (secondary N) is 1. The summed E-state index contributed by atoms with van der Waals surface area (Å²) in [6, 6.07) is 2.16. The van der Waals surface area contributed by atoms with Crippen molar-refractivity contribution < 1.29 is 4.42 Å². The fourth-order valence-corrected chi connectivity index (χ4v) is 2.74. The normalized spacial score (nSPS) is 12.8. The molecule has 18 heavy (non-hydrogen) atoms. The van der Waals surface area contributed by atoms with Crippen molar-refractivity contribution in [2.24, 2.45) is 0 Å². The zero-order valence-corrected chi connectivity index (χ0v) is 11.7. The van der Waals surface area contributed by atoms with Crippen molar-refractivity contribution in [3.05, 3.63) is 34.7 Å². The van der Waals surface area contributed by atoms with Crippen molar-refractivity contribution in [2.75, 3.05) is 6.54 Å². The third-order valence-electron chi connectivity index (χ3n) is 2.81. The average molecular weight is 265 g/mol. The van der Waals surface area contributed by atoms with Crippen molar-refractivity contribution in [3.63, 3.8) is 0 Å². The Balaban J connectivity index is 2.24. The van der Waals surface area contributed by atoms with E-state index >= 15 is 0 Å². The van der Waals surface area contributed by atoms with Crippen LogP contribution in [0.2, 0.25) is 0 Å². The zero-order chi connectivity index (χ0) is 12.8. The lowest BCUT2D eigenvalue weighted by atomic mass is 10.1. The van der Waals surface area contributed by atoms with Crippen LogP contribution in [0.1, 0.15) is 48.9 Å². The Morgan fingerprint density at radius 1 is 1.39 bits per heavy atom. The fraction of sp³-hybridized carbons (Fsp3) is 0.538. The lowest BCUT2D eigenvalue weighted by Gasteiger charge is -2.16. The fourth-order valence-electron chi connectivity index (χ4n) is 1.93. The van der Waals surface area contributed by atoms with E-state index in [1.54, 1.807) is 12.5 Å². The van der Waals surface area contributed by atoms with Gasteiger partial charge in [-0.3, -0.25) is 0 Å². The molecule has 5 heteroatoms. The van der Waals surface area contributed by atoms with Gasteiger partial charge < -0.3 is 9.73 Å². The Hall–Kier alpha value is -1.20. The molecule has 0 saturated carbocycles. The first kappa shape index (κ1) is 13.2. The minimum absolute atomic E-state index is 0.158. The van der Waals surface area contributed by atoms with Crippen molar-refractivity contribution in [3.8, 4) is 0 Å². The lowest BCUT2D eigenvalue weighted by molar-refractivity contribution is 0.549. The number of hydrogen-bond donors (Lipinski definition) is 1. The molecule has 0 bridgehead atoms. The van der Waals surface area contributed by atoms with Crippen LogP contribution < -0.4 is 5.32 Å². The van der Waals surface area contributed by atoms with Crippen LogP contribution in [0.25, 0.3) is 0 Å². The number of furan rings is 1. The van der Waals surface area contributed by atoms with E-state index in [0.29, 0.717) is 0 Å². The molecule has 0 spiro atoms. The molecule has 2 aromatic heterocycles. The molecule has 2 aromatic rings. The van der Waals surface area contributed by atoms with Gasteiger partial charge in [-0.25, -0.2) is 0 Å². The smallest absolute Gasteiger partial charge is 0.0954 e. The highest BCUT2D eigenvalue weighted by Crippen LogP contribution is 2.28. The number of nitrogens with zero attached hydrogens (tertiary/aromatic N) is 2. The van der Waals surface area contributed by atoms with Crippen molar-refractivity contribution in [1.82, 2.24) is 14.9 Å². The molecule has 0 fully saturated rings. The predicted molar refractivity (Wildman–Crippen MR) is 72.7 cm³/mol. The summed E-state index contributed by atoms with van der Waals surface area (Å²) < 4.78 is 9.30. The van der Waals surface area contributed by atoms with Gasteiger partial charge in [-0.05, 0) is 37.0 Å². The van der Waals surface area contributed by atoms with Gasteiger partial charge >= 0.3 is 0 Å². The van der Waals surface area contributed by atoms with Gasteiger partial charge in [-0.15, -0.1) is 5.10 Å². The molecule has 0 aliphatic carbocycles. The molecule has 1 atom stereocenters. The Bertz CT molecular complexity index is 453. The SMILES string of the molecule is CCCNC(c1ccoc1)c1snnc1CCC. The minimum Gasteiger partial charge on any atom is -0.472 e. The van der Waals surface area contributed by atoms with Crippen LogP contribution in [0, 0.1) is 0 Å². The highest BCUT2D eigenvalue weighted by Gasteiger charge is 2.21. The van der Waals surface area contributed by atoms with Crippen molar-refractivity contribution >= 4 is 11.5 Å². The Morgan fingerprint density at radius 2 is 2.28 bits per heavy atom. The first-order chi connectivity index (χ1) is 8.86. The van der Waals surface area contributed by atoms with E-state index in [0.717, 1.165) is 37.1 Å². The van der Waals surface area contributed by atoms with Gasteiger partial charge in [0.1, 0.15) is 0 Å². The highest BCUT2D eigenvalue weighted by molar-refractivity contribution is 7.05. The average Bonchev–Trinajstić information content (AvgIpc) is 3.02. The largest absolute Gasteiger partial charge is 0.472 e. The molecule has 2 heterocycles. The van der Waals surface area contributed by atoms with Gasteiger partial charge in [0.05, 0.1) is 29.1 Å². The molecule has 0 radical (unpaired) electrons. The van der Waals surface area contributed by atoms with Gasteiger partial charge in [0.15, 0.2) is 0 Å². The maximum Gasteiger partial charge on any atom is 0.0954 e. The van der Waals surface area contributed by atoms with Crippen molar-refractivity contribution in [2.45, 2.75) is 39.2 Å². The van der Waals surface area contributed by atoms with E-state index in [2.05, 4.69) is 28.8 Å². The second kappa shape index (κ2) is 6.66. The summed E-state index contributed by atoms with van der Waals surface area (Å²) in [6.07, 6.45) is 6.68. The maximum absolute atomic E-state index is 5.20. The highest BCUT2D eigenvalue weighted by atomic mass is 32.1. The summed E-state index contributed by atoms with van der Waals surface area (Å²) in [5.41, 5.74) is 2.25. The molecule has 0 aliphatic heterocycles. The number of rotatable bonds is 7. The van der Waals surface area contributed by atoms with E-state index in [-0.39, 0.29) is 6.04 Å². The standard InChI is InChI=1S/C13H19N3OS/c1-3-5-11-13(18-16-15-11)12(14-7-4-2)10-6-8-17-9-10/h6,8-9,12,14H,3-5,7H2,1-2H3.